The molecule has 1 heteroatoms. The number of aliphatic hydroxyl groups is 1. The lowest BCUT2D eigenvalue weighted by molar-refractivity contribution is 0.200. The fourth-order valence-corrected chi connectivity index (χ4v) is 0.747. The van der Waals surface area contributed by atoms with E-state index < -0.39 is 0 Å². The quantitative estimate of drug-likeness (QED) is 0.615. The van der Waals surface area contributed by atoms with Crippen LogP contribution in [0.2, 0.25) is 0 Å². The second-order valence-electron chi connectivity index (χ2n) is 2.96. The molecule has 1 atom stereocenters. The van der Waals surface area contributed by atoms with Crippen LogP contribution < -0.4 is 0 Å². The summed E-state index contributed by atoms with van der Waals surface area (Å²) < 4.78 is 0. The van der Waals surface area contributed by atoms with E-state index in [-0.39, 0.29) is 6.10 Å². The van der Waals surface area contributed by atoms with Crippen LogP contribution in [0.15, 0.2) is 23.8 Å². The summed E-state index contributed by atoms with van der Waals surface area (Å²) in [6, 6.07) is 0. The molecule has 0 spiro atoms. The minimum absolute atomic E-state index is 0.343. The van der Waals surface area contributed by atoms with Crippen molar-refractivity contribution in [3.63, 3.8) is 0 Å². The van der Waals surface area contributed by atoms with E-state index in [0.29, 0.717) is 0 Å². The van der Waals surface area contributed by atoms with Crippen LogP contribution in [0.5, 0.6) is 0 Å². The summed E-state index contributed by atoms with van der Waals surface area (Å²) in [6.07, 6.45) is 2.99. The largest absolute Gasteiger partial charge is 0.389 e. The Bertz CT molecular complexity index is 156. The number of hydrogen-bond acceptors (Lipinski definition) is 1. The van der Waals surface area contributed by atoms with Gasteiger partial charge in [-0.05, 0) is 39.2 Å². The third kappa shape index (κ3) is 4.79. The zero-order valence-electron chi connectivity index (χ0n) is 7.43. The SMILES string of the molecule is [CH2]C=C(C)[C@@H](O)CCC(=C)C. The van der Waals surface area contributed by atoms with E-state index in [4.69, 9.17) is 0 Å². The average molecular weight is 153 g/mol. The van der Waals surface area contributed by atoms with Gasteiger partial charge in [0.1, 0.15) is 0 Å². The van der Waals surface area contributed by atoms with E-state index in [1.807, 2.05) is 13.8 Å². The molecule has 0 bridgehead atoms. The molecule has 0 aliphatic carbocycles. The second kappa shape index (κ2) is 5.14. The fraction of sp³-hybridized carbons (Fsp3) is 0.500. The van der Waals surface area contributed by atoms with Crippen molar-refractivity contribution in [1.82, 2.24) is 0 Å². The molecule has 1 N–H and O–H groups in total. The Hall–Kier alpha value is -0.560. The monoisotopic (exact) mass is 153 g/mol. The molecule has 0 aromatic rings. The van der Waals surface area contributed by atoms with Gasteiger partial charge in [0.2, 0.25) is 0 Å². The van der Waals surface area contributed by atoms with Gasteiger partial charge in [-0.2, -0.15) is 0 Å². The zero-order chi connectivity index (χ0) is 8.85. The van der Waals surface area contributed by atoms with Gasteiger partial charge in [0.15, 0.2) is 0 Å². The van der Waals surface area contributed by atoms with Gasteiger partial charge in [-0.3, -0.25) is 0 Å². The normalized spacial score (nSPS) is 14.7. The summed E-state index contributed by atoms with van der Waals surface area (Å²) in [7, 11) is 0. The third-order valence-electron chi connectivity index (χ3n) is 1.69. The first-order valence-electron chi connectivity index (χ1n) is 3.86. The molecule has 0 aliphatic rings. The molecule has 0 unspecified atom stereocenters. The van der Waals surface area contributed by atoms with Crippen LogP contribution in [0, 0.1) is 6.92 Å². The van der Waals surface area contributed by atoms with Crippen molar-refractivity contribution >= 4 is 0 Å². The molecule has 0 saturated carbocycles. The van der Waals surface area contributed by atoms with Crippen LogP contribution in [-0.2, 0) is 0 Å². The van der Waals surface area contributed by atoms with Gasteiger partial charge in [0.05, 0.1) is 6.10 Å². The first kappa shape index (κ1) is 10.4. The molecule has 11 heavy (non-hydrogen) atoms. The zero-order valence-corrected chi connectivity index (χ0v) is 7.43. The van der Waals surface area contributed by atoms with E-state index in [2.05, 4.69) is 13.5 Å². The van der Waals surface area contributed by atoms with Gasteiger partial charge in [-0.15, -0.1) is 6.58 Å². The van der Waals surface area contributed by atoms with E-state index >= 15 is 0 Å². The molecule has 0 heterocycles. The van der Waals surface area contributed by atoms with Crippen molar-refractivity contribution in [2.24, 2.45) is 0 Å². The maximum Gasteiger partial charge on any atom is 0.0750 e. The van der Waals surface area contributed by atoms with Crippen LogP contribution in [0.4, 0.5) is 0 Å². The third-order valence-corrected chi connectivity index (χ3v) is 1.69. The number of rotatable bonds is 4. The van der Waals surface area contributed by atoms with Crippen LogP contribution in [0.1, 0.15) is 26.7 Å². The topological polar surface area (TPSA) is 20.2 Å². The van der Waals surface area contributed by atoms with Crippen LogP contribution in [0.3, 0.4) is 0 Å². The molecule has 63 valence electrons. The minimum Gasteiger partial charge on any atom is -0.389 e. The lowest BCUT2D eigenvalue weighted by Gasteiger charge is -2.09. The van der Waals surface area contributed by atoms with E-state index in [1.54, 1.807) is 6.08 Å². The maximum atomic E-state index is 9.42. The number of hydrogen-bond donors (Lipinski definition) is 1. The Labute approximate surface area is 69.4 Å². The lowest BCUT2D eigenvalue weighted by Crippen LogP contribution is -2.07. The first-order valence-corrected chi connectivity index (χ1v) is 3.86. The molecule has 1 nitrogen and oxygen atoms in total. The number of aliphatic hydroxyl groups excluding tert-OH is 1. The second-order valence-corrected chi connectivity index (χ2v) is 2.96. The molecular formula is C10H17O. The highest BCUT2D eigenvalue weighted by Gasteiger charge is 2.04. The molecule has 0 fully saturated rings. The van der Waals surface area contributed by atoms with E-state index in [1.165, 1.54) is 0 Å². The Balaban J connectivity index is 3.69. The van der Waals surface area contributed by atoms with Gasteiger partial charge >= 0.3 is 0 Å². The van der Waals surface area contributed by atoms with Gasteiger partial charge in [0.25, 0.3) is 0 Å². The van der Waals surface area contributed by atoms with Gasteiger partial charge in [0, 0.05) is 0 Å². The van der Waals surface area contributed by atoms with Crippen LogP contribution >= 0.6 is 0 Å². The maximum absolute atomic E-state index is 9.42. The van der Waals surface area contributed by atoms with E-state index in [9.17, 15) is 5.11 Å². The van der Waals surface area contributed by atoms with Gasteiger partial charge < -0.3 is 5.11 Å². The Kier molecular flexibility index (Phi) is 4.88. The highest BCUT2D eigenvalue weighted by Crippen LogP contribution is 2.10. The molecule has 0 aromatic heterocycles. The predicted molar refractivity (Wildman–Crippen MR) is 49.2 cm³/mol. The Morgan fingerprint density at radius 1 is 1.55 bits per heavy atom. The summed E-state index contributed by atoms with van der Waals surface area (Å²) in [5.74, 6) is 0. The molecule has 0 aliphatic heterocycles. The summed E-state index contributed by atoms with van der Waals surface area (Å²) >= 11 is 0. The molecule has 0 aromatic carbocycles. The van der Waals surface area contributed by atoms with Gasteiger partial charge in [-0.25, -0.2) is 0 Å². The molecular weight excluding hydrogens is 136 g/mol. The van der Waals surface area contributed by atoms with Crippen molar-refractivity contribution in [1.29, 1.82) is 0 Å². The summed E-state index contributed by atoms with van der Waals surface area (Å²) in [5, 5.41) is 9.42. The minimum atomic E-state index is -0.343. The smallest absolute Gasteiger partial charge is 0.0750 e. The fourth-order valence-electron chi connectivity index (χ4n) is 0.747. The molecule has 1 radical (unpaired) electrons. The summed E-state index contributed by atoms with van der Waals surface area (Å²) in [5.41, 5.74) is 2.05. The molecule has 0 saturated heterocycles. The van der Waals surface area contributed by atoms with Crippen molar-refractivity contribution in [2.75, 3.05) is 0 Å². The number of allylic oxidation sites excluding steroid dienone is 2. The van der Waals surface area contributed by atoms with E-state index in [0.717, 1.165) is 24.0 Å². The standard InChI is InChI=1S/C10H17O/c1-5-9(4)10(11)7-6-8(2)3/h5,10-11H,1-2,6-7H2,3-4H3/t10-/m0/s1. The van der Waals surface area contributed by atoms with Crippen molar-refractivity contribution in [3.8, 4) is 0 Å². The molecule has 0 amide bonds. The lowest BCUT2D eigenvalue weighted by atomic mass is 10.0. The first-order chi connectivity index (χ1) is 5.07. The van der Waals surface area contributed by atoms with Crippen molar-refractivity contribution in [2.45, 2.75) is 32.8 Å². The van der Waals surface area contributed by atoms with Crippen LogP contribution in [-0.4, -0.2) is 11.2 Å². The highest BCUT2D eigenvalue weighted by molar-refractivity contribution is 5.06. The van der Waals surface area contributed by atoms with Gasteiger partial charge in [-0.1, -0.05) is 11.6 Å². The van der Waals surface area contributed by atoms with Crippen molar-refractivity contribution < 1.29 is 5.11 Å². The summed E-state index contributed by atoms with van der Waals surface area (Å²) in [6.45, 7) is 11.2. The molecule has 0 rings (SSSR count). The highest BCUT2D eigenvalue weighted by atomic mass is 16.3. The Morgan fingerprint density at radius 2 is 2.09 bits per heavy atom. The van der Waals surface area contributed by atoms with Crippen molar-refractivity contribution in [3.05, 3.63) is 30.7 Å². The van der Waals surface area contributed by atoms with Crippen LogP contribution in [0.25, 0.3) is 0 Å². The Morgan fingerprint density at radius 3 is 2.45 bits per heavy atom. The summed E-state index contributed by atoms with van der Waals surface area (Å²) in [4.78, 5) is 0. The predicted octanol–water partition coefficient (Wildman–Crippen LogP) is 2.48. The average Bonchev–Trinajstić information content (AvgIpc) is 1.98.